The number of aromatic carboxylic acids is 1. The molecule has 27 nitrogen and oxygen atoms in total. The van der Waals surface area contributed by atoms with Crippen LogP contribution in [-0.2, 0) is 71.3 Å². The molecule has 8 aliphatic carbocycles. The van der Waals surface area contributed by atoms with E-state index >= 15 is 0 Å². The minimum absolute atomic E-state index is 0. The maximum absolute atomic E-state index is 14.1. The van der Waals surface area contributed by atoms with Gasteiger partial charge in [0.2, 0.25) is 23.6 Å². The van der Waals surface area contributed by atoms with E-state index in [0.717, 1.165) is 182 Å². The van der Waals surface area contributed by atoms with Crippen molar-refractivity contribution in [3.63, 3.8) is 0 Å². The number of nitrogens with zero attached hydrogens (tertiary/aromatic N) is 4. The molecule has 820 valence electrons. The average Bonchev–Trinajstić information content (AvgIpc) is 1.66. The van der Waals surface area contributed by atoms with E-state index in [9.17, 15) is 58.5 Å². The van der Waals surface area contributed by atoms with Crippen molar-refractivity contribution in [1.29, 1.82) is 0 Å². The van der Waals surface area contributed by atoms with Gasteiger partial charge in [0.25, 0.3) is 0 Å². The van der Waals surface area contributed by atoms with Crippen LogP contribution in [0.1, 0.15) is 381 Å². The normalized spacial score (nSPS) is 24.9. The first-order valence-electron chi connectivity index (χ1n) is 54.3. The number of esters is 3. The van der Waals surface area contributed by atoms with Crippen LogP contribution in [0.25, 0.3) is 0 Å². The molecule has 4 aromatic heterocycles. The standard InChI is InChI=1S/C29H43NO6S.C29H41NO5S.C28H39NO5S.C26H35NO4S.C5H10O2.Na.H2O/c1-19-6-8-20(9-7-19)27(33)30(21-10-12-22(13-11-21)36-23(17-31)18-32)25-16-24(14-15-29(2,3)4)37-26(25)28(34)35-5;1-19-6-8-20(9-7-19)27(31)30(21-10-12-22(13-11-21)35-23-17-34-18-23)25-16-24(14-15-29(2,3)4)36-26(25)28(32)33-5;1-18-5-7-19(8-6-18)26(30)29(20-9-11-21(12-10-20)34-22-16-33-17-22)24-15-23(13-14-28(2,3)4)35-25(24)27(31)32;1-17-6-8-18(9-7-17)24(29)27(19-10-12-20(28)13-11-19)22-16-21(14-15-26(2,3)4)32-23(22)25(30)31-5;1-5-2-6-4-7-3-5;;/h16,19-23,31-32H,6-13,17-18H2,1-5H3;16,19-23H,6-13,17-18H2,1-5H3;15,18-22H,5-12,16-17H2,1-4H3,(H,31,32);16-19H,6-13H2,1-5H3;5H,2-4H2,1H3;;1H2/q;;;;;+1;/p-1. The van der Waals surface area contributed by atoms with Gasteiger partial charge in [-0.2, -0.15) is 0 Å². The summed E-state index contributed by atoms with van der Waals surface area (Å²) in [6, 6.07) is 7.39. The smallest absolute Gasteiger partial charge is 0.870 e. The second-order valence-electron chi connectivity index (χ2n) is 47.0. The molecule has 11 aliphatic rings. The molecule has 4 aromatic rings. The molecule has 4 N–H and O–H groups in total. The molecular weight excluding hydrogens is 1980 g/mol. The van der Waals surface area contributed by atoms with Crippen molar-refractivity contribution in [1.82, 2.24) is 0 Å². The Morgan fingerprint density at radius 1 is 0.349 bits per heavy atom. The SMILES string of the molecule is CC1CCC(C(=O)N(c2cc(C#CC(C)(C)C)sc2C(=O)O)C2CCC(OC3COC3)CC2)CC1.CC1COCOC1.COC(=O)c1sc(C#CC(C)(C)C)cc1N(C(=O)C1CCC(C)CC1)C1CCC(=O)CC1.COC(=O)c1sc(C#CC(C)(C)C)cc1N(C(=O)C1CCC(C)CC1)C1CCC(OC(CO)CO)CC1.COC(=O)c1sc(C#CC(C)(C)C)cc1N(C(=O)C1CCC(C)CC1)C1CCC(OC2COC2)CC1.[Na+].[OH-]. The fourth-order valence-corrected chi connectivity index (χ4v) is 24.4. The van der Waals surface area contributed by atoms with Crippen LogP contribution in [0.3, 0.4) is 0 Å². The number of aliphatic hydroxyl groups is 2. The molecule has 0 aromatic carbocycles. The van der Waals surface area contributed by atoms with Crippen molar-refractivity contribution < 1.29 is 141 Å². The number of hydrogen-bond acceptors (Lipinski definition) is 26. The fraction of sp³-hybridized carbons (Fsp3) is 0.718. The minimum Gasteiger partial charge on any atom is -0.870 e. The van der Waals surface area contributed by atoms with Gasteiger partial charge >= 0.3 is 53.4 Å². The third-order valence-corrected chi connectivity index (χ3v) is 33.6. The van der Waals surface area contributed by atoms with Crippen LogP contribution in [0.5, 0.6) is 0 Å². The quantitative estimate of drug-likeness (QED) is 0.0254. The molecule has 11 fully saturated rings. The number of anilines is 4. The maximum Gasteiger partial charge on any atom is 1.00 e. The van der Waals surface area contributed by atoms with Crippen LogP contribution in [-0.4, -0.2) is 216 Å². The molecule has 0 atom stereocenters. The Balaban J connectivity index is 0.000000215. The zero-order valence-corrected chi connectivity index (χ0v) is 98.0. The number of rotatable bonds is 24. The summed E-state index contributed by atoms with van der Waals surface area (Å²) in [5, 5.41) is 28.8. The molecule has 3 aliphatic heterocycles. The molecule has 15 rings (SSSR count). The molecule has 7 heterocycles. The van der Waals surface area contributed by atoms with Crippen LogP contribution in [0.2, 0.25) is 0 Å². The van der Waals surface area contributed by atoms with E-state index in [1.165, 1.54) is 66.7 Å². The van der Waals surface area contributed by atoms with Crippen molar-refractivity contribution in [3.8, 4) is 47.4 Å². The van der Waals surface area contributed by atoms with Gasteiger partial charge in [-0.15, -0.1) is 45.3 Å². The molecule has 0 bridgehead atoms. The zero-order chi connectivity index (χ0) is 107. The van der Waals surface area contributed by atoms with Crippen molar-refractivity contribution in [2.75, 3.05) is 101 Å². The summed E-state index contributed by atoms with van der Waals surface area (Å²) in [6.45, 7) is 40.0. The molecule has 4 amide bonds. The van der Waals surface area contributed by atoms with Crippen LogP contribution < -0.4 is 49.2 Å². The van der Waals surface area contributed by atoms with Gasteiger partial charge in [-0.25, -0.2) is 19.2 Å². The van der Waals surface area contributed by atoms with Gasteiger partial charge < -0.3 is 87.8 Å². The number of carboxylic acids is 1. The second kappa shape index (κ2) is 59.3. The van der Waals surface area contributed by atoms with Crippen molar-refractivity contribution in [3.05, 3.63) is 63.3 Å². The van der Waals surface area contributed by atoms with Crippen LogP contribution in [0.4, 0.5) is 22.7 Å². The molecule has 3 saturated heterocycles. The Bertz CT molecular complexity index is 5250. The fourth-order valence-electron chi connectivity index (χ4n) is 20.8. The summed E-state index contributed by atoms with van der Waals surface area (Å²) in [5.41, 5.74) is 1.69. The summed E-state index contributed by atoms with van der Waals surface area (Å²) in [5.74, 6) is 27.1. The van der Waals surface area contributed by atoms with Crippen molar-refractivity contribution in [2.24, 2.45) is 74.9 Å². The number of carbonyl (C=O) groups excluding carboxylic acids is 8. The number of amides is 4. The van der Waals surface area contributed by atoms with E-state index in [2.05, 4.69) is 103 Å². The van der Waals surface area contributed by atoms with Gasteiger partial charge in [0.15, 0.2) is 0 Å². The third-order valence-electron chi connectivity index (χ3n) is 29.5. The van der Waals surface area contributed by atoms with E-state index in [4.69, 9.17) is 47.4 Å². The Morgan fingerprint density at radius 2 is 0.597 bits per heavy atom. The van der Waals surface area contributed by atoms with Gasteiger partial charge in [-0.1, -0.05) is 82.0 Å². The van der Waals surface area contributed by atoms with Gasteiger partial charge in [0.1, 0.15) is 50.4 Å². The Morgan fingerprint density at radius 3 is 0.819 bits per heavy atom. The summed E-state index contributed by atoms with van der Waals surface area (Å²) < 4.78 is 53.9. The minimum atomic E-state index is -0.995. The number of aliphatic hydroxyl groups excluding tert-OH is 2. The first-order valence-corrected chi connectivity index (χ1v) is 57.5. The third kappa shape index (κ3) is 38.3. The van der Waals surface area contributed by atoms with Crippen LogP contribution in [0, 0.1) is 122 Å². The van der Waals surface area contributed by atoms with E-state index < -0.39 is 30.0 Å². The summed E-state index contributed by atoms with van der Waals surface area (Å²) in [6.07, 6.45) is 27.5. The number of methoxy groups -OCH3 is 3. The number of carboxylic acid groups (broad SMARTS) is 1. The number of ketones is 1. The van der Waals surface area contributed by atoms with E-state index in [0.29, 0.717) is 156 Å². The van der Waals surface area contributed by atoms with Gasteiger partial charge in [-0.3, -0.25) is 24.0 Å². The molecule has 0 spiro atoms. The number of ether oxygens (including phenoxy) is 10. The summed E-state index contributed by atoms with van der Waals surface area (Å²) >= 11 is 5.07. The number of Topliss-reactive ketones (excluding diaryl/α,β-unsaturated/α-hetero) is 1. The van der Waals surface area contributed by atoms with E-state index in [-0.39, 0.29) is 183 Å². The molecule has 32 heteroatoms. The first kappa shape index (κ1) is 126. The predicted molar refractivity (Wildman–Crippen MR) is 582 cm³/mol. The van der Waals surface area contributed by atoms with Gasteiger partial charge in [0.05, 0.1) is 135 Å². The first-order chi connectivity index (χ1) is 69.8. The van der Waals surface area contributed by atoms with Crippen LogP contribution in [0.15, 0.2) is 24.3 Å². The monoisotopic (exact) mass is 2150 g/mol. The molecule has 8 saturated carbocycles. The van der Waals surface area contributed by atoms with E-state index in [1.807, 2.05) is 106 Å². The average molecular weight is 2150 g/mol. The number of carbonyl (C=O) groups is 9. The maximum atomic E-state index is 14.1. The van der Waals surface area contributed by atoms with E-state index in [1.54, 1.807) is 0 Å². The topological polar surface area (TPSA) is 350 Å². The second-order valence-corrected chi connectivity index (χ2v) is 51.2. The predicted octanol–water partition coefficient (Wildman–Crippen LogP) is 19.4. The molecule has 0 unspecified atom stereocenters. The molecular formula is C117H169N4NaO23S4. The number of thiophene rings is 4. The van der Waals surface area contributed by atoms with Crippen molar-refractivity contribution in [2.45, 2.75) is 384 Å². The largest absolute Gasteiger partial charge is 1.00 e. The van der Waals surface area contributed by atoms with Gasteiger partial charge in [-0.05, 0) is 324 Å². The van der Waals surface area contributed by atoms with Crippen molar-refractivity contribution >= 4 is 121 Å². The Hall–Kier alpha value is -6.93. The summed E-state index contributed by atoms with van der Waals surface area (Å²) in [7, 11) is 4.12. The number of hydrogen-bond donors (Lipinski definition) is 3. The molecule has 0 radical (unpaired) electrons. The zero-order valence-electron chi connectivity index (χ0n) is 92.7. The van der Waals surface area contributed by atoms with Crippen LogP contribution >= 0.6 is 45.3 Å². The molecule has 149 heavy (non-hydrogen) atoms. The summed E-state index contributed by atoms with van der Waals surface area (Å²) in [4.78, 5) is 131. The Labute approximate surface area is 925 Å². The van der Waals surface area contributed by atoms with Gasteiger partial charge in [0, 0.05) is 88.3 Å². The Kier molecular flexibility index (Phi) is 49.9.